The average molecular weight is 202 g/mol. The van der Waals surface area contributed by atoms with Crippen LogP contribution in [0.5, 0.6) is 0 Å². The molecule has 1 nitrogen and oxygen atoms in total. The van der Waals surface area contributed by atoms with Gasteiger partial charge in [-0.2, -0.15) is 13.2 Å². The summed E-state index contributed by atoms with van der Waals surface area (Å²) in [6, 6.07) is 8.48. The fourth-order valence-electron chi connectivity index (χ4n) is 0.876. The Morgan fingerprint density at radius 3 is 2.21 bits per heavy atom. The normalized spacial score (nSPS) is 14.6. The van der Waals surface area contributed by atoms with Crippen LogP contribution in [0.4, 0.5) is 13.2 Å². The van der Waals surface area contributed by atoms with Crippen molar-refractivity contribution in [3.63, 3.8) is 0 Å². The topological polar surface area (TPSA) is 20.2 Å². The maximum Gasteiger partial charge on any atom is 0.417 e. The molecule has 1 rings (SSSR count). The Kier molecular flexibility index (Phi) is 3.30. The highest BCUT2D eigenvalue weighted by Crippen LogP contribution is 2.21. The molecule has 0 bridgehead atoms. The molecule has 0 fully saturated rings. The van der Waals surface area contributed by atoms with Crippen LogP contribution in [0, 0.1) is 0 Å². The van der Waals surface area contributed by atoms with E-state index < -0.39 is 12.3 Å². The molecule has 1 atom stereocenters. The Bertz CT molecular complexity index is 303. The molecule has 0 saturated heterocycles. The SMILES string of the molecule is O[C@@H](C=Cc1ccccc1)C(F)(F)F. The van der Waals surface area contributed by atoms with Crippen LogP contribution in [-0.2, 0) is 0 Å². The lowest BCUT2D eigenvalue weighted by Crippen LogP contribution is -2.25. The maximum atomic E-state index is 11.9. The first-order valence-corrected chi connectivity index (χ1v) is 3.98. The van der Waals surface area contributed by atoms with Gasteiger partial charge in [0.15, 0.2) is 6.10 Å². The summed E-state index contributed by atoms with van der Waals surface area (Å²) in [6.07, 6.45) is -5.04. The molecule has 0 unspecified atom stereocenters. The average Bonchev–Trinajstić information content (AvgIpc) is 2.14. The Labute approximate surface area is 79.5 Å². The zero-order valence-electron chi connectivity index (χ0n) is 7.20. The van der Waals surface area contributed by atoms with Crippen LogP contribution < -0.4 is 0 Å². The molecule has 0 aliphatic carbocycles. The van der Waals surface area contributed by atoms with E-state index in [1.807, 2.05) is 0 Å². The van der Waals surface area contributed by atoms with Gasteiger partial charge in [-0.05, 0) is 11.6 Å². The third-order valence-corrected chi connectivity index (χ3v) is 1.61. The van der Waals surface area contributed by atoms with E-state index in [0.29, 0.717) is 5.56 Å². The molecule has 76 valence electrons. The van der Waals surface area contributed by atoms with Crippen molar-refractivity contribution in [2.45, 2.75) is 12.3 Å². The monoisotopic (exact) mass is 202 g/mol. The van der Waals surface area contributed by atoms with Gasteiger partial charge >= 0.3 is 6.18 Å². The van der Waals surface area contributed by atoms with Gasteiger partial charge in [0.1, 0.15) is 0 Å². The molecule has 0 aliphatic rings. The summed E-state index contributed by atoms with van der Waals surface area (Å²) >= 11 is 0. The summed E-state index contributed by atoms with van der Waals surface area (Å²) in [7, 11) is 0. The van der Waals surface area contributed by atoms with Crippen LogP contribution in [0.25, 0.3) is 6.08 Å². The first-order chi connectivity index (χ1) is 6.50. The highest BCUT2D eigenvalue weighted by Gasteiger charge is 2.35. The molecular formula is C10H9F3O. The predicted octanol–water partition coefficient (Wildman–Crippen LogP) is 2.62. The second-order valence-electron chi connectivity index (χ2n) is 2.76. The minimum absolute atomic E-state index is 0.621. The van der Waals surface area contributed by atoms with Gasteiger partial charge in [0.05, 0.1) is 0 Å². The van der Waals surface area contributed by atoms with Gasteiger partial charge in [0.2, 0.25) is 0 Å². The molecule has 0 spiro atoms. The third-order valence-electron chi connectivity index (χ3n) is 1.61. The van der Waals surface area contributed by atoms with Crippen molar-refractivity contribution in [3.05, 3.63) is 42.0 Å². The molecular weight excluding hydrogens is 193 g/mol. The van der Waals surface area contributed by atoms with Gasteiger partial charge in [-0.15, -0.1) is 0 Å². The molecule has 14 heavy (non-hydrogen) atoms. The lowest BCUT2D eigenvalue weighted by molar-refractivity contribution is -0.187. The summed E-state index contributed by atoms with van der Waals surface area (Å²) in [5.41, 5.74) is 0.621. The molecule has 1 aromatic rings. The van der Waals surface area contributed by atoms with Crippen LogP contribution >= 0.6 is 0 Å². The molecule has 0 aromatic heterocycles. The van der Waals surface area contributed by atoms with Crippen LogP contribution in [0.3, 0.4) is 0 Å². The zero-order valence-corrected chi connectivity index (χ0v) is 7.20. The van der Waals surface area contributed by atoms with Gasteiger partial charge in [0.25, 0.3) is 0 Å². The number of alkyl halides is 3. The summed E-state index contributed by atoms with van der Waals surface area (Å²) in [4.78, 5) is 0. The zero-order chi connectivity index (χ0) is 10.6. The minimum Gasteiger partial charge on any atom is -0.380 e. The summed E-state index contributed by atoms with van der Waals surface area (Å²) in [5, 5.41) is 8.64. The van der Waals surface area contributed by atoms with E-state index in [-0.39, 0.29) is 0 Å². The van der Waals surface area contributed by atoms with Crippen LogP contribution in [-0.4, -0.2) is 17.4 Å². The Morgan fingerprint density at radius 2 is 1.71 bits per heavy atom. The van der Waals surface area contributed by atoms with Crippen LogP contribution in [0.15, 0.2) is 36.4 Å². The van der Waals surface area contributed by atoms with E-state index in [9.17, 15) is 13.2 Å². The standard InChI is InChI=1S/C10H9F3O/c11-10(12,13)9(14)7-6-8-4-2-1-3-5-8/h1-7,9,14H/t9-/m0/s1. The Morgan fingerprint density at radius 1 is 1.14 bits per heavy atom. The maximum absolute atomic E-state index is 11.9. The highest BCUT2D eigenvalue weighted by atomic mass is 19.4. The van der Waals surface area contributed by atoms with E-state index >= 15 is 0 Å². The second kappa shape index (κ2) is 4.28. The summed E-state index contributed by atoms with van der Waals surface area (Å²) < 4.78 is 35.6. The van der Waals surface area contributed by atoms with Gasteiger partial charge < -0.3 is 5.11 Å². The molecule has 0 aliphatic heterocycles. The number of benzene rings is 1. The Hall–Kier alpha value is -1.29. The first-order valence-electron chi connectivity index (χ1n) is 3.98. The Balaban J connectivity index is 2.66. The van der Waals surface area contributed by atoms with Crippen molar-refractivity contribution in [2.75, 3.05) is 0 Å². The molecule has 0 radical (unpaired) electrons. The van der Waals surface area contributed by atoms with Crippen molar-refractivity contribution < 1.29 is 18.3 Å². The van der Waals surface area contributed by atoms with E-state index in [4.69, 9.17) is 5.11 Å². The smallest absolute Gasteiger partial charge is 0.380 e. The summed E-state index contributed by atoms with van der Waals surface area (Å²) in [5.74, 6) is 0. The minimum atomic E-state index is -4.59. The van der Waals surface area contributed by atoms with Crippen molar-refractivity contribution in [1.29, 1.82) is 0 Å². The fraction of sp³-hybridized carbons (Fsp3) is 0.200. The molecule has 4 heteroatoms. The van der Waals surface area contributed by atoms with Crippen molar-refractivity contribution in [3.8, 4) is 0 Å². The van der Waals surface area contributed by atoms with E-state index in [1.165, 1.54) is 6.08 Å². The number of aliphatic hydroxyl groups is 1. The number of hydrogen-bond donors (Lipinski definition) is 1. The van der Waals surface area contributed by atoms with Crippen LogP contribution in [0.1, 0.15) is 5.56 Å². The first kappa shape index (κ1) is 10.8. The number of aliphatic hydroxyl groups excluding tert-OH is 1. The summed E-state index contributed by atoms with van der Waals surface area (Å²) in [6.45, 7) is 0. The fourth-order valence-corrected chi connectivity index (χ4v) is 0.876. The number of hydrogen-bond acceptors (Lipinski definition) is 1. The number of halogens is 3. The predicted molar refractivity (Wildman–Crippen MR) is 47.5 cm³/mol. The third kappa shape index (κ3) is 3.22. The van der Waals surface area contributed by atoms with Gasteiger partial charge in [-0.25, -0.2) is 0 Å². The van der Waals surface area contributed by atoms with E-state index in [1.54, 1.807) is 30.3 Å². The van der Waals surface area contributed by atoms with Crippen molar-refractivity contribution in [1.82, 2.24) is 0 Å². The molecule has 0 heterocycles. The lowest BCUT2D eigenvalue weighted by Gasteiger charge is -2.09. The molecule has 1 aromatic carbocycles. The van der Waals surface area contributed by atoms with Crippen molar-refractivity contribution in [2.24, 2.45) is 0 Å². The largest absolute Gasteiger partial charge is 0.417 e. The van der Waals surface area contributed by atoms with E-state index in [0.717, 1.165) is 6.08 Å². The van der Waals surface area contributed by atoms with Gasteiger partial charge in [0, 0.05) is 0 Å². The van der Waals surface area contributed by atoms with Gasteiger partial charge in [-0.3, -0.25) is 0 Å². The molecule has 0 saturated carbocycles. The van der Waals surface area contributed by atoms with Crippen molar-refractivity contribution >= 4 is 6.08 Å². The number of rotatable bonds is 2. The second-order valence-corrected chi connectivity index (χ2v) is 2.76. The molecule has 1 N–H and O–H groups in total. The lowest BCUT2D eigenvalue weighted by atomic mass is 10.2. The van der Waals surface area contributed by atoms with Gasteiger partial charge in [-0.1, -0.05) is 36.4 Å². The van der Waals surface area contributed by atoms with Crippen LogP contribution in [0.2, 0.25) is 0 Å². The van der Waals surface area contributed by atoms with E-state index in [2.05, 4.69) is 0 Å². The highest BCUT2D eigenvalue weighted by molar-refractivity contribution is 5.49. The molecule has 0 amide bonds. The quantitative estimate of drug-likeness (QED) is 0.781.